The molecular weight excluding hydrogens is 250 g/mol. The first-order valence-corrected chi connectivity index (χ1v) is 6.69. The van der Waals surface area contributed by atoms with E-state index in [9.17, 15) is 10.0 Å². The lowest BCUT2D eigenvalue weighted by molar-refractivity contribution is 0.0981. The van der Waals surface area contributed by atoms with Crippen LogP contribution in [0.4, 0.5) is 0 Å². The van der Waals surface area contributed by atoms with Crippen molar-refractivity contribution >= 4 is 11.5 Å². The maximum atomic E-state index is 12.8. The summed E-state index contributed by atoms with van der Waals surface area (Å²) < 4.78 is 0. The summed E-state index contributed by atoms with van der Waals surface area (Å²) in [5.41, 5.74) is 3.18. The Morgan fingerprint density at radius 1 is 0.950 bits per heavy atom. The third-order valence-electron chi connectivity index (χ3n) is 3.79. The average molecular weight is 265 g/mol. The van der Waals surface area contributed by atoms with Gasteiger partial charge >= 0.3 is 0 Å². The van der Waals surface area contributed by atoms with Crippen LogP contribution in [0, 0.1) is 0 Å². The van der Waals surface area contributed by atoms with Gasteiger partial charge in [0.05, 0.1) is 11.6 Å². The van der Waals surface area contributed by atoms with Gasteiger partial charge in [-0.3, -0.25) is 4.79 Å². The number of benzene rings is 2. The number of ketones is 1. The van der Waals surface area contributed by atoms with Crippen molar-refractivity contribution in [1.29, 1.82) is 0 Å². The van der Waals surface area contributed by atoms with Crippen molar-refractivity contribution in [2.45, 2.75) is 18.8 Å². The van der Waals surface area contributed by atoms with E-state index < -0.39 is 5.92 Å². The van der Waals surface area contributed by atoms with Gasteiger partial charge < -0.3 is 5.21 Å². The molecule has 3 heteroatoms. The van der Waals surface area contributed by atoms with E-state index in [1.165, 1.54) is 0 Å². The highest BCUT2D eigenvalue weighted by molar-refractivity contribution is 6.18. The molecule has 0 spiro atoms. The molecule has 0 fully saturated rings. The Balaban J connectivity index is 2.13. The van der Waals surface area contributed by atoms with Gasteiger partial charge in [0, 0.05) is 5.56 Å². The molecule has 0 amide bonds. The van der Waals surface area contributed by atoms with Crippen LogP contribution in [-0.2, 0) is 6.42 Å². The van der Waals surface area contributed by atoms with E-state index >= 15 is 0 Å². The molecule has 3 rings (SSSR count). The minimum absolute atomic E-state index is 0.0112. The van der Waals surface area contributed by atoms with Crippen molar-refractivity contribution in [1.82, 2.24) is 0 Å². The van der Waals surface area contributed by atoms with Crippen LogP contribution in [0.15, 0.2) is 59.8 Å². The molecule has 3 nitrogen and oxygen atoms in total. The SMILES string of the molecule is O=C1c2ccccc2CCC(=NO)C1c1ccccc1. The van der Waals surface area contributed by atoms with Gasteiger partial charge in [0.15, 0.2) is 5.78 Å². The van der Waals surface area contributed by atoms with E-state index in [1.54, 1.807) is 0 Å². The standard InChI is InChI=1S/C17H15NO2/c19-17-14-9-5-4-6-12(14)10-11-15(18-20)16(17)13-7-2-1-3-8-13/h1-9,16,20H,10-11H2. The summed E-state index contributed by atoms with van der Waals surface area (Å²) in [6.07, 6.45) is 1.32. The molecule has 1 aliphatic rings. The zero-order chi connectivity index (χ0) is 13.9. The lowest BCUT2D eigenvalue weighted by atomic mass is 9.87. The van der Waals surface area contributed by atoms with E-state index in [0.717, 1.165) is 23.1 Å². The second-order valence-corrected chi connectivity index (χ2v) is 4.96. The summed E-state index contributed by atoms with van der Waals surface area (Å²) in [5, 5.41) is 12.7. The van der Waals surface area contributed by atoms with Crippen LogP contribution in [-0.4, -0.2) is 16.7 Å². The Labute approximate surface area is 117 Å². The fourth-order valence-electron chi connectivity index (χ4n) is 2.79. The molecule has 0 saturated carbocycles. The van der Waals surface area contributed by atoms with Crippen LogP contribution in [0.5, 0.6) is 0 Å². The molecule has 0 saturated heterocycles. The number of hydrogen-bond donors (Lipinski definition) is 1. The van der Waals surface area contributed by atoms with Gasteiger partial charge in [-0.15, -0.1) is 0 Å². The summed E-state index contributed by atoms with van der Waals surface area (Å²) in [7, 11) is 0. The van der Waals surface area contributed by atoms with Crippen LogP contribution in [0.2, 0.25) is 0 Å². The van der Waals surface area contributed by atoms with E-state index in [1.807, 2.05) is 54.6 Å². The van der Waals surface area contributed by atoms with Gasteiger partial charge in [-0.25, -0.2) is 0 Å². The maximum absolute atomic E-state index is 12.8. The molecule has 20 heavy (non-hydrogen) atoms. The Kier molecular flexibility index (Phi) is 3.33. The highest BCUT2D eigenvalue weighted by atomic mass is 16.4. The molecule has 1 aliphatic carbocycles. The van der Waals surface area contributed by atoms with E-state index in [2.05, 4.69) is 5.16 Å². The van der Waals surface area contributed by atoms with Crippen LogP contribution in [0.3, 0.4) is 0 Å². The van der Waals surface area contributed by atoms with Gasteiger partial charge in [0.25, 0.3) is 0 Å². The fraction of sp³-hybridized carbons (Fsp3) is 0.176. The second-order valence-electron chi connectivity index (χ2n) is 4.96. The van der Waals surface area contributed by atoms with Gasteiger partial charge in [-0.05, 0) is 24.0 Å². The third-order valence-corrected chi connectivity index (χ3v) is 3.79. The Morgan fingerprint density at radius 3 is 2.40 bits per heavy atom. The fourth-order valence-corrected chi connectivity index (χ4v) is 2.79. The predicted octanol–water partition coefficient (Wildman–Crippen LogP) is 3.43. The Bertz CT molecular complexity index is 662. The van der Waals surface area contributed by atoms with Crippen molar-refractivity contribution in [3.8, 4) is 0 Å². The molecule has 0 heterocycles. The smallest absolute Gasteiger partial charge is 0.176 e. The van der Waals surface area contributed by atoms with Gasteiger partial charge in [0.1, 0.15) is 0 Å². The molecule has 2 aromatic rings. The Morgan fingerprint density at radius 2 is 1.65 bits per heavy atom. The maximum Gasteiger partial charge on any atom is 0.176 e. The number of carbonyl (C=O) groups is 1. The van der Waals surface area contributed by atoms with Gasteiger partial charge in [-0.2, -0.15) is 0 Å². The number of hydrogen-bond acceptors (Lipinski definition) is 3. The van der Waals surface area contributed by atoms with Gasteiger partial charge in [-0.1, -0.05) is 59.8 Å². The first kappa shape index (κ1) is 12.6. The molecule has 0 aliphatic heterocycles. The molecule has 2 aromatic carbocycles. The number of Topliss-reactive ketones (excluding diaryl/α,β-unsaturated/α-hetero) is 1. The Hall–Kier alpha value is -2.42. The molecule has 0 aromatic heterocycles. The molecule has 1 N–H and O–H groups in total. The van der Waals surface area contributed by atoms with Crippen molar-refractivity contribution in [3.63, 3.8) is 0 Å². The number of oxime groups is 1. The number of carbonyl (C=O) groups excluding carboxylic acids is 1. The van der Waals surface area contributed by atoms with E-state index in [-0.39, 0.29) is 5.78 Å². The summed E-state index contributed by atoms with van der Waals surface area (Å²) in [6.45, 7) is 0. The summed E-state index contributed by atoms with van der Waals surface area (Å²) in [5.74, 6) is -0.470. The van der Waals surface area contributed by atoms with Crippen LogP contribution >= 0.6 is 0 Å². The first-order chi connectivity index (χ1) is 9.81. The zero-order valence-corrected chi connectivity index (χ0v) is 11.0. The topological polar surface area (TPSA) is 49.7 Å². The lowest BCUT2D eigenvalue weighted by Gasteiger charge is -2.15. The molecule has 0 bridgehead atoms. The van der Waals surface area contributed by atoms with Crippen LogP contribution in [0.25, 0.3) is 0 Å². The number of rotatable bonds is 1. The normalized spacial score (nSPS) is 20.5. The summed E-state index contributed by atoms with van der Waals surface area (Å²) in [6, 6.07) is 17.1. The lowest BCUT2D eigenvalue weighted by Crippen LogP contribution is -2.20. The average Bonchev–Trinajstić information content (AvgIpc) is 2.65. The molecule has 1 atom stereocenters. The highest BCUT2D eigenvalue weighted by Crippen LogP contribution is 2.30. The molecule has 1 unspecified atom stereocenters. The van der Waals surface area contributed by atoms with Gasteiger partial charge in [0.2, 0.25) is 0 Å². The van der Waals surface area contributed by atoms with E-state index in [0.29, 0.717) is 12.1 Å². The predicted molar refractivity (Wildman–Crippen MR) is 77.5 cm³/mol. The molecule has 0 radical (unpaired) electrons. The zero-order valence-electron chi connectivity index (χ0n) is 11.0. The van der Waals surface area contributed by atoms with Crippen molar-refractivity contribution in [2.24, 2.45) is 5.16 Å². The third kappa shape index (κ3) is 2.11. The largest absolute Gasteiger partial charge is 0.411 e. The van der Waals surface area contributed by atoms with Crippen molar-refractivity contribution < 1.29 is 10.0 Å². The van der Waals surface area contributed by atoms with Crippen molar-refractivity contribution in [2.75, 3.05) is 0 Å². The van der Waals surface area contributed by atoms with Crippen LogP contribution in [0.1, 0.15) is 33.8 Å². The quantitative estimate of drug-likeness (QED) is 0.488. The highest BCUT2D eigenvalue weighted by Gasteiger charge is 2.31. The monoisotopic (exact) mass is 265 g/mol. The number of fused-ring (bicyclic) bond motifs is 1. The molecular formula is C17H15NO2. The summed E-state index contributed by atoms with van der Waals surface area (Å²) in [4.78, 5) is 12.8. The summed E-state index contributed by atoms with van der Waals surface area (Å²) >= 11 is 0. The number of nitrogens with zero attached hydrogens (tertiary/aromatic N) is 1. The minimum Gasteiger partial charge on any atom is -0.411 e. The second kappa shape index (κ2) is 5.29. The minimum atomic E-state index is -0.482. The van der Waals surface area contributed by atoms with Crippen molar-refractivity contribution in [3.05, 3.63) is 71.3 Å². The van der Waals surface area contributed by atoms with Crippen LogP contribution < -0.4 is 0 Å². The number of aryl methyl sites for hydroxylation is 1. The van der Waals surface area contributed by atoms with E-state index in [4.69, 9.17) is 0 Å². The molecule has 100 valence electrons. The first-order valence-electron chi connectivity index (χ1n) is 6.69.